The first-order valence-electron chi connectivity index (χ1n) is 6.63. The molecule has 21 heavy (non-hydrogen) atoms. The Bertz CT molecular complexity index is 486. The number of guanidine groups is 1. The smallest absolute Gasteiger partial charge is 0.284 e. The number of primary amides is 1. The Morgan fingerprint density at radius 3 is 2.90 bits per heavy atom. The highest BCUT2D eigenvalue weighted by Crippen LogP contribution is 2.25. The zero-order valence-electron chi connectivity index (χ0n) is 11.9. The number of thioether (sulfide) groups is 1. The van der Waals surface area contributed by atoms with Crippen LogP contribution >= 0.6 is 35.7 Å². The highest BCUT2D eigenvalue weighted by molar-refractivity contribution is 14.0. The molecular formula is C13H21IN4O2S. The second-order valence-corrected chi connectivity index (χ2v) is 5.98. The van der Waals surface area contributed by atoms with Crippen LogP contribution in [0.2, 0.25) is 0 Å². The monoisotopic (exact) mass is 424 g/mol. The number of carbonyl (C=O) groups excluding carboxylic acids is 1. The topological polar surface area (TPSA) is 92.6 Å². The average Bonchev–Trinajstić information content (AvgIpc) is 3.10. The minimum Gasteiger partial charge on any atom is -0.454 e. The maximum absolute atomic E-state index is 10.9. The zero-order valence-corrected chi connectivity index (χ0v) is 15.1. The molecule has 0 aliphatic carbocycles. The SMILES string of the molecule is CN=C(NCc1ccc(C(N)=O)o1)NCC1CCCS1.I. The molecule has 0 aromatic carbocycles. The summed E-state index contributed by atoms with van der Waals surface area (Å²) in [7, 11) is 1.73. The van der Waals surface area contributed by atoms with Gasteiger partial charge in [-0.2, -0.15) is 11.8 Å². The summed E-state index contributed by atoms with van der Waals surface area (Å²) >= 11 is 2.00. The van der Waals surface area contributed by atoms with Crippen molar-refractivity contribution in [1.29, 1.82) is 0 Å². The van der Waals surface area contributed by atoms with Crippen molar-refractivity contribution in [1.82, 2.24) is 10.6 Å². The molecule has 1 amide bonds. The van der Waals surface area contributed by atoms with E-state index in [2.05, 4.69) is 15.6 Å². The molecule has 1 aliphatic rings. The molecule has 1 aromatic rings. The molecule has 1 saturated heterocycles. The molecule has 1 aromatic heterocycles. The Kier molecular flexibility index (Phi) is 7.94. The fourth-order valence-electron chi connectivity index (χ4n) is 2.01. The van der Waals surface area contributed by atoms with Crippen molar-refractivity contribution >= 4 is 47.6 Å². The number of nitrogens with one attached hydrogen (secondary N) is 2. The molecule has 118 valence electrons. The second-order valence-electron chi connectivity index (χ2n) is 4.57. The van der Waals surface area contributed by atoms with Crippen molar-refractivity contribution in [2.24, 2.45) is 10.7 Å². The molecule has 6 nitrogen and oxygen atoms in total. The largest absolute Gasteiger partial charge is 0.454 e. The van der Waals surface area contributed by atoms with Gasteiger partial charge in [0, 0.05) is 18.8 Å². The Balaban J connectivity index is 0.00000220. The molecule has 1 unspecified atom stereocenters. The van der Waals surface area contributed by atoms with Crippen LogP contribution in [0.25, 0.3) is 0 Å². The molecule has 1 fully saturated rings. The van der Waals surface area contributed by atoms with E-state index >= 15 is 0 Å². The van der Waals surface area contributed by atoms with Crippen LogP contribution in [0.15, 0.2) is 21.5 Å². The van der Waals surface area contributed by atoms with Gasteiger partial charge in [-0.05, 0) is 30.7 Å². The van der Waals surface area contributed by atoms with Crippen molar-refractivity contribution in [2.75, 3.05) is 19.3 Å². The summed E-state index contributed by atoms with van der Waals surface area (Å²) in [6.45, 7) is 1.37. The van der Waals surface area contributed by atoms with Gasteiger partial charge in [0.1, 0.15) is 5.76 Å². The summed E-state index contributed by atoms with van der Waals surface area (Å²) in [4.78, 5) is 15.1. The lowest BCUT2D eigenvalue weighted by atomic mass is 10.2. The normalized spacial score (nSPS) is 18.1. The molecule has 0 bridgehead atoms. The number of nitrogens with two attached hydrogens (primary N) is 1. The highest BCUT2D eigenvalue weighted by Gasteiger charge is 2.15. The van der Waals surface area contributed by atoms with E-state index in [1.807, 2.05) is 11.8 Å². The van der Waals surface area contributed by atoms with Gasteiger partial charge >= 0.3 is 0 Å². The number of carbonyl (C=O) groups is 1. The quantitative estimate of drug-likeness (QED) is 0.379. The van der Waals surface area contributed by atoms with Crippen LogP contribution in [-0.2, 0) is 6.54 Å². The minimum absolute atomic E-state index is 0. The summed E-state index contributed by atoms with van der Waals surface area (Å²) in [5, 5.41) is 7.11. The van der Waals surface area contributed by atoms with E-state index in [0.29, 0.717) is 17.6 Å². The van der Waals surface area contributed by atoms with Crippen molar-refractivity contribution < 1.29 is 9.21 Å². The summed E-state index contributed by atoms with van der Waals surface area (Å²) in [5.74, 6) is 2.25. The van der Waals surface area contributed by atoms with Crippen LogP contribution in [-0.4, -0.2) is 36.5 Å². The van der Waals surface area contributed by atoms with E-state index in [1.54, 1.807) is 19.2 Å². The number of rotatable bonds is 5. The van der Waals surface area contributed by atoms with E-state index in [0.717, 1.165) is 12.5 Å². The number of halogens is 1. The summed E-state index contributed by atoms with van der Waals surface area (Å²) in [5.41, 5.74) is 5.14. The van der Waals surface area contributed by atoms with E-state index in [1.165, 1.54) is 18.6 Å². The summed E-state index contributed by atoms with van der Waals surface area (Å²) < 4.78 is 5.29. The van der Waals surface area contributed by atoms with E-state index < -0.39 is 5.91 Å². The number of aliphatic imine (C=N–C) groups is 1. The number of hydrogen-bond donors (Lipinski definition) is 3. The fraction of sp³-hybridized carbons (Fsp3) is 0.538. The predicted molar refractivity (Wildman–Crippen MR) is 96.3 cm³/mol. The van der Waals surface area contributed by atoms with Crippen LogP contribution in [0, 0.1) is 0 Å². The molecule has 0 spiro atoms. The van der Waals surface area contributed by atoms with E-state index in [9.17, 15) is 4.79 Å². The van der Waals surface area contributed by atoms with Gasteiger partial charge in [0.2, 0.25) is 0 Å². The minimum atomic E-state index is -0.558. The first kappa shape index (κ1) is 18.1. The molecule has 1 aliphatic heterocycles. The van der Waals surface area contributed by atoms with Gasteiger partial charge in [-0.25, -0.2) is 0 Å². The van der Waals surface area contributed by atoms with Gasteiger partial charge in [-0.15, -0.1) is 24.0 Å². The van der Waals surface area contributed by atoms with Gasteiger partial charge < -0.3 is 20.8 Å². The predicted octanol–water partition coefficient (Wildman–Crippen LogP) is 1.56. The van der Waals surface area contributed by atoms with Crippen molar-refractivity contribution in [3.63, 3.8) is 0 Å². The van der Waals surface area contributed by atoms with Crippen LogP contribution in [0.3, 0.4) is 0 Å². The van der Waals surface area contributed by atoms with Crippen LogP contribution in [0.4, 0.5) is 0 Å². The Morgan fingerprint density at radius 2 is 2.33 bits per heavy atom. The fourth-order valence-corrected chi connectivity index (χ4v) is 3.21. The lowest BCUT2D eigenvalue weighted by Gasteiger charge is -2.14. The van der Waals surface area contributed by atoms with E-state index in [-0.39, 0.29) is 29.7 Å². The van der Waals surface area contributed by atoms with Crippen molar-refractivity contribution in [3.05, 3.63) is 23.7 Å². The number of amides is 1. The third-order valence-corrected chi connectivity index (χ3v) is 4.48. The number of nitrogens with zero attached hydrogens (tertiary/aromatic N) is 1. The molecular weight excluding hydrogens is 403 g/mol. The average molecular weight is 424 g/mol. The maximum Gasteiger partial charge on any atom is 0.284 e. The number of furan rings is 1. The van der Waals surface area contributed by atoms with Gasteiger partial charge in [0.25, 0.3) is 5.91 Å². The number of hydrogen-bond acceptors (Lipinski definition) is 4. The van der Waals surface area contributed by atoms with Gasteiger partial charge in [0.15, 0.2) is 11.7 Å². The molecule has 4 N–H and O–H groups in total. The zero-order chi connectivity index (χ0) is 14.4. The maximum atomic E-state index is 10.9. The van der Waals surface area contributed by atoms with E-state index in [4.69, 9.17) is 10.2 Å². The first-order chi connectivity index (χ1) is 9.69. The Morgan fingerprint density at radius 1 is 1.52 bits per heavy atom. The second kappa shape index (κ2) is 9.19. The lowest BCUT2D eigenvalue weighted by Crippen LogP contribution is -2.39. The van der Waals surface area contributed by atoms with Crippen LogP contribution in [0.5, 0.6) is 0 Å². The summed E-state index contributed by atoms with van der Waals surface area (Å²) in [6.07, 6.45) is 2.56. The third-order valence-electron chi connectivity index (χ3n) is 3.08. The van der Waals surface area contributed by atoms with Crippen LogP contribution in [0.1, 0.15) is 29.2 Å². The molecule has 2 heterocycles. The van der Waals surface area contributed by atoms with Gasteiger partial charge in [-0.3, -0.25) is 9.79 Å². The highest BCUT2D eigenvalue weighted by atomic mass is 127. The summed E-state index contributed by atoms with van der Waals surface area (Å²) in [6, 6.07) is 3.30. The standard InChI is InChI=1S/C13H20N4O2S.HI/c1-15-13(17-8-10-3-2-6-20-10)16-7-9-4-5-11(19-9)12(14)18;/h4-5,10H,2-3,6-8H2,1H3,(H2,14,18)(H2,15,16,17);1H. The van der Waals surface area contributed by atoms with Crippen molar-refractivity contribution in [3.8, 4) is 0 Å². The van der Waals surface area contributed by atoms with Crippen molar-refractivity contribution in [2.45, 2.75) is 24.6 Å². The van der Waals surface area contributed by atoms with Gasteiger partial charge in [-0.1, -0.05) is 0 Å². The molecule has 0 saturated carbocycles. The molecule has 1 atom stereocenters. The van der Waals surface area contributed by atoms with Crippen LogP contribution < -0.4 is 16.4 Å². The third kappa shape index (κ3) is 5.77. The Labute approximate surface area is 145 Å². The van der Waals surface area contributed by atoms with Gasteiger partial charge in [0.05, 0.1) is 6.54 Å². The first-order valence-corrected chi connectivity index (χ1v) is 7.68. The molecule has 0 radical (unpaired) electrons. The lowest BCUT2D eigenvalue weighted by molar-refractivity contribution is 0.0972. The molecule has 8 heteroatoms. The molecule has 2 rings (SSSR count). The Hall–Kier alpha value is -0.900.